The van der Waals surface area contributed by atoms with Gasteiger partial charge in [-0.3, -0.25) is 14.2 Å². The van der Waals surface area contributed by atoms with Gasteiger partial charge >= 0.3 is 7.60 Å². The van der Waals surface area contributed by atoms with Gasteiger partial charge in [-0.1, -0.05) is 20.3 Å². The summed E-state index contributed by atoms with van der Waals surface area (Å²) in [7, 11) is -0.938. The Balaban J connectivity index is 2.19. The molecule has 2 fully saturated rings. The van der Waals surface area contributed by atoms with Crippen LogP contribution >= 0.6 is 7.60 Å². The van der Waals surface area contributed by atoms with Gasteiger partial charge in [-0.25, -0.2) is 0 Å². The maximum atomic E-state index is 12.6. The molecule has 0 aromatic heterocycles. The normalized spacial score (nSPS) is 33.6. The molecule has 0 aliphatic carbocycles. The molecule has 138 valence electrons. The monoisotopic (exact) mass is 361 g/mol. The Morgan fingerprint density at radius 2 is 2.04 bits per heavy atom. The Labute approximate surface area is 143 Å². The van der Waals surface area contributed by atoms with E-state index in [0.717, 1.165) is 6.42 Å². The van der Waals surface area contributed by atoms with Crippen molar-refractivity contribution in [3.05, 3.63) is 0 Å². The van der Waals surface area contributed by atoms with Crippen molar-refractivity contribution in [3.8, 4) is 0 Å². The number of aliphatic hydroxyl groups excluding tert-OH is 1. The molecule has 0 saturated carbocycles. The van der Waals surface area contributed by atoms with Crippen molar-refractivity contribution in [1.29, 1.82) is 0 Å². The summed E-state index contributed by atoms with van der Waals surface area (Å²) in [6.07, 6.45) is 1.17. The minimum absolute atomic E-state index is 0.0184. The number of ketones is 1. The molecule has 4 atom stereocenters. The van der Waals surface area contributed by atoms with Crippen LogP contribution < -0.4 is 0 Å². The van der Waals surface area contributed by atoms with E-state index in [4.69, 9.17) is 9.05 Å². The van der Waals surface area contributed by atoms with Gasteiger partial charge in [0.25, 0.3) is 0 Å². The summed E-state index contributed by atoms with van der Waals surface area (Å²) in [5, 5.41) is 9.93. The number of Topliss-reactive ketones (excluding diaryl/α,β-unsaturated/α-hetero) is 1. The van der Waals surface area contributed by atoms with E-state index in [0.29, 0.717) is 13.0 Å². The number of nitrogens with zero attached hydrogens (tertiary/aromatic N) is 1. The van der Waals surface area contributed by atoms with Crippen molar-refractivity contribution in [3.63, 3.8) is 0 Å². The molecular formula is C16H28NO6P. The van der Waals surface area contributed by atoms with Crippen LogP contribution in [0, 0.1) is 17.3 Å². The second-order valence-corrected chi connectivity index (χ2v) is 9.34. The van der Waals surface area contributed by atoms with Gasteiger partial charge in [0.15, 0.2) is 0 Å². The van der Waals surface area contributed by atoms with Crippen molar-refractivity contribution in [2.24, 2.45) is 17.3 Å². The van der Waals surface area contributed by atoms with E-state index < -0.39 is 18.9 Å². The molecule has 0 aromatic carbocycles. The summed E-state index contributed by atoms with van der Waals surface area (Å²) in [5.41, 5.74) is -0.407. The van der Waals surface area contributed by atoms with Crippen molar-refractivity contribution < 1.29 is 28.3 Å². The predicted octanol–water partition coefficient (Wildman–Crippen LogP) is 1.69. The lowest BCUT2D eigenvalue weighted by Crippen LogP contribution is -2.50. The van der Waals surface area contributed by atoms with Gasteiger partial charge in [0.1, 0.15) is 11.9 Å². The highest BCUT2D eigenvalue weighted by Gasteiger charge is 2.54. The zero-order valence-electron chi connectivity index (χ0n) is 14.9. The molecule has 2 rings (SSSR count). The number of hydrogen-bond acceptors (Lipinski definition) is 6. The Morgan fingerprint density at radius 1 is 1.42 bits per heavy atom. The smallest absolute Gasteiger partial charge is 0.337 e. The van der Waals surface area contributed by atoms with Crippen LogP contribution in [0.4, 0.5) is 0 Å². The van der Waals surface area contributed by atoms with Crippen molar-refractivity contribution in [2.75, 3.05) is 33.5 Å². The molecule has 1 amide bonds. The largest absolute Gasteiger partial charge is 0.396 e. The van der Waals surface area contributed by atoms with E-state index in [1.807, 2.05) is 11.8 Å². The van der Waals surface area contributed by atoms with Crippen LogP contribution in [0.1, 0.15) is 33.1 Å². The van der Waals surface area contributed by atoms with Crippen LogP contribution in [0.2, 0.25) is 0 Å². The Morgan fingerprint density at radius 3 is 2.54 bits per heavy atom. The summed E-state index contributed by atoms with van der Waals surface area (Å²) in [6.45, 7) is 4.65. The molecule has 2 aliphatic heterocycles. The van der Waals surface area contributed by atoms with Crippen LogP contribution in [-0.2, 0) is 23.2 Å². The summed E-state index contributed by atoms with van der Waals surface area (Å²) in [6, 6.07) is -0.160. The summed E-state index contributed by atoms with van der Waals surface area (Å²) in [4.78, 5) is 26.9. The third-order valence-corrected chi connectivity index (χ3v) is 7.74. The molecule has 2 heterocycles. The number of piperidine rings is 1. The third-order valence-electron chi connectivity index (χ3n) is 5.93. The second-order valence-electron chi connectivity index (χ2n) is 7.07. The fraction of sp³-hybridized carbons (Fsp3) is 0.875. The Kier molecular flexibility index (Phi) is 5.91. The van der Waals surface area contributed by atoms with Crippen molar-refractivity contribution in [2.45, 2.75) is 39.2 Å². The highest BCUT2D eigenvalue weighted by Crippen LogP contribution is 2.50. The van der Waals surface area contributed by atoms with E-state index in [2.05, 4.69) is 6.92 Å². The first-order valence-electron chi connectivity index (χ1n) is 8.38. The average Bonchev–Trinajstić information content (AvgIpc) is 2.88. The number of fused-ring (bicyclic) bond motifs is 1. The van der Waals surface area contributed by atoms with E-state index in [-0.39, 0.29) is 42.8 Å². The quantitative estimate of drug-likeness (QED) is 0.694. The standard InChI is InChI=1S/C16H28NO6P/c1-5-12-8-17-14(16(12,2)10-18)6-11(7-15(17)20)13(19)9-24(21,22-3)23-4/h11-12,14,18H,5-10H2,1-4H3/t11-,12+,14+,16+/m0/s1. The summed E-state index contributed by atoms with van der Waals surface area (Å²) < 4.78 is 21.9. The van der Waals surface area contributed by atoms with Gasteiger partial charge in [-0.05, 0) is 12.3 Å². The first kappa shape index (κ1) is 19.6. The molecule has 0 radical (unpaired) electrons. The lowest BCUT2D eigenvalue weighted by Gasteiger charge is -2.41. The van der Waals surface area contributed by atoms with Crippen LogP contribution in [-0.4, -0.2) is 61.3 Å². The first-order valence-corrected chi connectivity index (χ1v) is 10.1. The molecule has 0 spiro atoms. The van der Waals surface area contributed by atoms with E-state index >= 15 is 0 Å². The highest BCUT2D eigenvalue weighted by atomic mass is 31.2. The van der Waals surface area contributed by atoms with Gasteiger partial charge in [-0.2, -0.15) is 0 Å². The molecular weight excluding hydrogens is 333 g/mol. The van der Waals surface area contributed by atoms with Gasteiger partial charge in [-0.15, -0.1) is 0 Å². The summed E-state index contributed by atoms with van der Waals surface area (Å²) in [5.74, 6) is -0.617. The van der Waals surface area contributed by atoms with Crippen molar-refractivity contribution >= 4 is 19.3 Å². The molecule has 8 heteroatoms. The maximum Gasteiger partial charge on any atom is 0.337 e. The summed E-state index contributed by atoms with van der Waals surface area (Å²) >= 11 is 0. The molecule has 7 nitrogen and oxygen atoms in total. The lowest BCUT2D eigenvalue weighted by molar-refractivity contribution is -0.142. The van der Waals surface area contributed by atoms with Gasteiger partial charge < -0.3 is 19.1 Å². The number of aliphatic hydroxyl groups is 1. The number of carbonyl (C=O) groups excluding carboxylic acids is 2. The van der Waals surface area contributed by atoms with Gasteiger partial charge in [0.2, 0.25) is 5.91 Å². The minimum atomic E-state index is -3.43. The maximum absolute atomic E-state index is 12.6. The van der Waals surface area contributed by atoms with E-state index in [1.54, 1.807) is 0 Å². The number of amides is 1. The highest BCUT2D eigenvalue weighted by molar-refractivity contribution is 7.54. The zero-order chi connectivity index (χ0) is 18.1. The molecule has 0 aromatic rings. The fourth-order valence-corrected chi connectivity index (χ4v) is 5.20. The van der Waals surface area contributed by atoms with Crippen molar-refractivity contribution in [1.82, 2.24) is 4.90 Å². The average molecular weight is 361 g/mol. The molecule has 1 N–H and O–H groups in total. The Bertz CT molecular complexity index is 545. The molecule has 0 unspecified atom stereocenters. The number of carbonyl (C=O) groups is 2. The number of hydrogen-bond donors (Lipinski definition) is 1. The lowest BCUT2D eigenvalue weighted by atomic mass is 9.70. The van der Waals surface area contributed by atoms with Crippen LogP contribution in [0.25, 0.3) is 0 Å². The van der Waals surface area contributed by atoms with Crippen LogP contribution in [0.15, 0.2) is 0 Å². The van der Waals surface area contributed by atoms with Crippen LogP contribution in [0.5, 0.6) is 0 Å². The molecule has 2 saturated heterocycles. The van der Waals surface area contributed by atoms with E-state index in [1.165, 1.54) is 14.2 Å². The fourth-order valence-electron chi connectivity index (χ4n) is 4.15. The first-order chi connectivity index (χ1) is 11.2. The minimum Gasteiger partial charge on any atom is -0.396 e. The second kappa shape index (κ2) is 7.24. The molecule has 0 bridgehead atoms. The topological polar surface area (TPSA) is 93.1 Å². The van der Waals surface area contributed by atoms with Gasteiger partial charge in [0, 0.05) is 44.6 Å². The number of rotatable bonds is 7. The third kappa shape index (κ3) is 3.32. The predicted molar refractivity (Wildman–Crippen MR) is 88.7 cm³/mol. The molecule has 2 aliphatic rings. The van der Waals surface area contributed by atoms with Gasteiger partial charge in [0.05, 0.1) is 6.61 Å². The van der Waals surface area contributed by atoms with E-state index in [9.17, 15) is 19.3 Å². The molecule has 24 heavy (non-hydrogen) atoms. The zero-order valence-corrected chi connectivity index (χ0v) is 15.8. The Hall–Kier alpha value is -0.750. The SMILES string of the molecule is CC[C@@H]1CN2C(=O)C[C@@H](C(=O)CP(=O)(OC)OC)C[C@@H]2[C@]1(C)CO. The van der Waals surface area contributed by atoms with Crippen LogP contribution in [0.3, 0.4) is 0 Å².